The molecule has 0 spiro atoms. The Balaban J connectivity index is 1.88. The smallest absolute Gasteiger partial charge is 0.336 e. The molecule has 1 aromatic heterocycles. The van der Waals surface area contributed by atoms with Crippen LogP contribution in [-0.2, 0) is 19.1 Å². The maximum absolute atomic E-state index is 13.0. The van der Waals surface area contributed by atoms with Crippen LogP contribution in [0.3, 0.4) is 0 Å². The van der Waals surface area contributed by atoms with Gasteiger partial charge in [0.15, 0.2) is 0 Å². The summed E-state index contributed by atoms with van der Waals surface area (Å²) in [4.78, 5) is 35.4. The minimum Gasteiger partial charge on any atom is -0.496 e. The van der Waals surface area contributed by atoms with Crippen LogP contribution in [0.1, 0.15) is 25.3 Å². The van der Waals surface area contributed by atoms with Gasteiger partial charge in [-0.1, -0.05) is 24.3 Å². The van der Waals surface area contributed by atoms with Gasteiger partial charge in [-0.15, -0.1) is 11.3 Å². The van der Waals surface area contributed by atoms with Gasteiger partial charge in [-0.05, 0) is 41.4 Å². The first-order chi connectivity index (χ1) is 18.2. The van der Waals surface area contributed by atoms with E-state index in [1.54, 1.807) is 34.1 Å². The Kier molecular flexibility index (Phi) is 8.32. The van der Waals surface area contributed by atoms with Crippen LogP contribution >= 0.6 is 27.3 Å². The molecule has 2 heterocycles. The van der Waals surface area contributed by atoms with E-state index in [2.05, 4.69) is 20.9 Å². The Morgan fingerprint density at radius 3 is 2.32 bits per heavy atom. The molecule has 0 radical (unpaired) electrons. The zero-order valence-electron chi connectivity index (χ0n) is 21.8. The number of ether oxygens (including phenoxy) is 4. The number of nitrogens with zero attached hydrogens (tertiary/aromatic N) is 2. The van der Waals surface area contributed by atoms with Crippen LogP contribution in [0.25, 0.3) is 21.8 Å². The van der Waals surface area contributed by atoms with Gasteiger partial charge >= 0.3 is 11.9 Å². The lowest BCUT2D eigenvalue weighted by molar-refractivity contribution is -0.143. The van der Waals surface area contributed by atoms with Gasteiger partial charge in [0.25, 0.3) is 0 Å². The normalized spacial score (nSPS) is 17.1. The van der Waals surface area contributed by atoms with Crippen LogP contribution in [0, 0.1) is 5.92 Å². The number of methoxy groups -OCH3 is 4. The Morgan fingerprint density at radius 2 is 1.66 bits per heavy atom. The third-order valence-electron chi connectivity index (χ3n) is 6.47. The quantitative estimate of drug-likeness (QED) is 0.305. The van der Waals surface area contributed by atoms with Crippen LogP contribution in [0.15, 0.2) is 62.5 Å². The van der Waals surface area contributed by atoms with Crippen molar-refractivity contribution in [2.75, 3.05) is 28.4 Å². The van der Waals surface area contributed by atoms with Gasteiger partial charge < -0.3 is 18.9 Å². The third kappa shape index (κ3) is 4.98. The molecular weight excluding hydrogens is 572 g/mol. The number of carbonyl (C=O) groups is 2. The molecule has 8 nitrogen and oxygen atoms in total. The number of benzene rings is 2. The fraction of sp³-hybridized carbons (Fsp3) is 0.286. The molecule has 2 unspecified atom stereocenters. The molecule has 1 aliphatic rings. The SMILES string of the molecule is COC(=O)C1=C(C)N=C(C)C(C(=O)OC)C1c1ccccc1-c1nc(-c2cc(Br)c(OC)cc2OC)cs1. The molecule has 2 atom stereocenters. The minimum absolute atomic E-state index is 0.318. The Labute approximate surface area is 233 Å². The van der Waals surface area contributed by atoms with Gasteiger partial charge in [0.2, 0.25) is 0 Å². The lowest BCUT2D eigenvalue weighted by Crippen LogP contribution is -2.36. The average molecular weight is 600 g/mol. The monoisotopic (exact) mass is 598 g/mol. The summed E-state index contributed by atoms with van der Waals surface area (Å²) in [5.41, 5.74) is 4.43. The highest BCUT2D eigenvalue weighted by Crippen LogP contribution is 2.45. The predicted octanol–water partition coefficient (Wildman–Crippen LogP) is 6.05. The van der Waals surface area contributed by atoms with E-state index >= 15 is 0 Å². The summed E-state index contributed by atoms with van der Waals surface area (Å²) in [7, 11) is 5.83. The summed E-state index contributed by atoms with van der Waals surface area (Å²) in [6.07, 6.45) is 0. The molecule has 38 heavy (non-hydrogen) atoms. The average Bonchev–Trinajstić information content (AvgIpc) is 3.41. The van der Waals surface area contributed by atoms with Crippen LogP contribution in [-0.4, -0.2) is 51.1 Å². The van der Waals surface area contributed by atoms with Crippen molar-refractivity contribution in [3.63, 3.8) is 0 Å². The first-order valence-corrected chi connectivity index (χ1v) is 13.3. The zero-order chi connectivity index (χ0) is 27.6. The van der Waals surface area contributed by atoms with Crippen LogP contribution in [0.4, 0.5) is 0 Å². The summed E-state index contributed by atoms with van der Waals surface area (Å²) >= 11 is 4.99. The molecule has 10 heteroatoms. The van der Waals surface area contributed by atoms with E-state index in [4.69, 9.17) is 23.9 Å². The molecule has 0 saturated heterocycles. The number of hydrogen-bond acceptors (Lipinski definition) is 9. The van der Waals surface area contributed by atoms with Crippen LogP contribution in [0.2, 0.25) is 0 Å². The highest BCUT2D eigenvalue weighted by molar-refractivity contribution is 9.10. The number of allylic oxidation sites excluding steroid dienone is 1. The third-order valence-corrected chi connectivity index (χ3v) is 7.96. The summed E-state index contributed by atoms with van der Waals surface area (Å²) in [5.74, 6) is -1.22. The fourth-order valence-corrected chi connectivity index (χ4v) is 6.10. The van der Waals surface area contributed by atoms with Gasteiger partial charge in [0, 0.05) is 39.9 Å². The van der Waals surface area contributed by atoms with Crippen molar-refractivity contribution in [1.82, 2.24) is 4.98 Å². The zero-order valence-corrected chi connectivity index (χ0v) is 24.2. The van der Waals surface area contributed by atoms with Gasteiger partial charge in [-0.2, -0.15) is 0 Å². The second-order valence-electron chi connectivity index (χ2n) is 8.53. The highest BCUT2D eigenvalue weighted by Gasteiger charge is 2.43. The lowest BCUT2D eigenvalue weighted by Gasteiger charge is -2.32. The van der Waals surface area contributed by atoms with Gasteiger partial charge in [-0.25, -0.2) is 9.78 Å². The maximum atomic E-state index is 13.0. The molecule has 0 fully saturated rings. The van der Waals surface area contributed by atoms with Crippen molar-refractivity contribution in [3.8, 4) is 33.3 Å². The van der Waals surface area contributed by atoms with E-state index in [0.717, 1.165) is 26.2 Å². The van der Waals surface area contributed by atoms with Crippen molar-refractivity contribution in [2.45, 2.75) is 19.8 Å². The topological polar surface area (TPSA) is 96.3 Å². The van der Waals surface area contributed by atoms with Crippen LogP contribution in [0.5, 0.6) is 11.5 Å². The molecule has 0 bridgehead atoms. The minimum atomic E-state index is -0.795. The molecule has 0 N–H and O–H groups in total. The maximum Gasteiger partial charge on any atom is 0.336 e. The summed E-state index contributed by atoms with van der Waals surface area (Å²) in [5, 5.41) is 2.66. The second-order valence-corrected chi connectivity index (χ2v) is 10.2. The van der Waals surface area contributed by atoms with Crippen LogP contribution < -0.4 is 9.47 Å². The Bertz CT molecular complexity index is 1460. The first-order valence-electron chi connectivity index (χ1n) is 11.6. The standard InChI is InChI=1S/C28H27BrN2O6S/c1-14-23(27(32)36-5)25(24(15(2)30-14)28(33)37-6)16-9-7-8-10-17(16)26-31-20(13-38-26)18-11-19(29)22(35-4)12-21(18)34-3/h7-13,23,25H,1-6H3. The number of thiazole rings is 1. The molecule has 3 aromatic rings. The van der Waals surface area contributed by atoms with E-state index in [9.17, 15) is 9.59 Å². The molecular formula is C28H27BrN2O6S. The summed E-state index contributed by atoms with van der Waals surface area (Å²) in [6, 6.07) is 11.3. The molecule has 0 amide bonds. The van der Waals surface area contributed by atoms with Gasteiger partial charge in [-0.3, -0.25) is 9.79 Å². The van der Waals surface area contributed by atoms with Gasteiger partial charge in [0.05, 0.1) is 44.2 Å². The summed E-state index contributed by atoms with van der Waals surface area (Å²) in [6.45, 7) is 3.51. The van der Waals surface area contributed by atoms with Crippen molar-refractivity contribution in [2.24, 2.45) is 10.9 Å². The second kappa shape index (κ2) is 11.5. The van der Waals surface area contributed by atoms with Gasteiger partial charge in [0.1, 0.15) is 22.4 Å². The van der Waals surface area contributed by atoms with Crippen molar-refractivity contribution < 1.29 is 28.5 Å². The number of aliphatic imine (C=N–C) groups is 1. The van der Waals surface area contributed by atoms with Crippen molar-refractivity contribution >= 4 is 44.9 Å². The summed E-state index contributed by atoms with van der Waals surface area (Å²) < 4.78 is 22.0. The van der Waals surface area contributed by atoms with Crippen molar-refractivity contribution in [3.05, 3.63) is 63.1 Å². The highest BCUT2D eigenvalue weighted by atomic mass is 79.9. The lowest BCUT2D eigenvalue weighted by atomic mass is 9.74. The number of carbonyl (C=O) groups excluding carboxylic acids is 2. The number of halogens is 1. The number of esters is 2. The molecule has 2 aromatic carbocycles. The molecule has 4 rings (SSSR count). The predicted molar refractivity (Wildman–Crippen MR) is 150 cm³/mol. The Morgan fingerprint density at radius 1 is 0.947 bits per heavy atom. The van der Waals surface area contributed by atoms with Crippen molar-refractivity contribution in [1.29, 1.82) is 0 Å². The van der Waals surface area contributed by atoms with E-state index in [0.29, 0.717) is 34.2 Å². The molecule has 0 aliphatic carbocycles. The number of hydrogen-bond donors (Lipinski definition) is 0. The number of rotatable bonds is 7. The largest absolute Gasteiger partial charge is 0.496 e. The first kappa shape index (κ1) is 27.5. The Hall–Kier alpha value is -3.50. The fourth-order valence-electron chi connectivity index (χ4n) is 4.72. The molecule has 0 saturated carbocycles. The molecule has 198 valence electrons. The van der Waals surface area contributed by atoms with E-state index in [-0.39, 0.29) is 0 Å². The number of aromatic nitrogens is 1. The van der Waals surface area contributed by atoms with E-state index in [1.165, 1.54) is 25.6 Å². The van der Waals surface area contributed by atoms with E-state index in [1.807, 2.05) is 35.7 Å². The molecule has 1 aliphatic heterocycles. The van der Waals surface area contributed by atoms with E-state index < -0.39 is 23.8 Å².